The molecule has 0 amide bonds. The Morgan fingerprint density at radius 3 is 2.48 bits per heavy atom. The number of ether oxygens (including phenoxy) is 1. The molecule has 21 heavy (non-hydrogen) atoms. The zero-order valence-electron chi connectivity index (χ0n) is 11.0. The molecule has 0 fully saturated rings. The number of para-hydroxylation sites is 1. The van der Waals surface area contributed by atoms with E-state index in [1.807, 2.05) is 54.6 Å². The molecule has 2 N–H and O–H groups in total. The molecule has 1 aromatic heterocycles. The molecule has 0 aliphatic rings. The number of carboxylic acid groups (broad SMARTS) is 1. The van der Waals surface area contributed by atoms with Crippen molar-refractivity contribution in [1.29, 1.82) is 0 Å². The van der Waals surface area contributed by atoms with Gasteiger partial charge in [0.15, 0.2) is 0 Å². The Hall–Kier alpha value is -3.08. The second-order valence-electron chi connectivity index (χ2n) is 4.41. The van der Waals surface area contributed by atoms with Crippen LogP contribution in [0.5, 0.6) is 11.5 Å². The first-order valence-corrected chi connectivity index (χ1v) is 6.34. The van der Waals surface area contributed by atoms with E-state index in [0.29, 0.717) is 11.4 Å². The van der Waals surface area contributed by atoms with Gasteiger partial charge in [-0.05, 0) is 30.3 Å². The van der Waals surface area contributed by atoms with E-state index in [4.69, 9.17) is 9.84 Å². The average molecular weight is 280 g/mol. The van der Waals surface area contributed by atoms with E-state index in [2.05, 4.69) is 10.2 Å². The van der Waals surface area contributed by atoms with Gasteiger partial charge in [-0.2, -0.15) is 5.10 Å². The lowest BCUT2D eigenvalue weighted by Gasteiger charge is -2.06. The largest absolute Gasteiger partial charge is 0.477 e. The molecule has 5 heteroatoms. The molecule has 0 saturated heterocycles. The molecule has 0 radical (unpaired) electrons. The lowest BCUT2D eigenvalue weighted by molar-refractivity contribution is 0.0690. The smallest absolute Gasteiger partial charge is 0.353 e. The number of hydrogen-bond acceptors (Lipinski definition) is 3. The minimum Gasteiger partial charge on any atom is -0.477 e. The molecular weight excluding hydrogens is 268 g/mol. The number of nitrogens with one attached hydrogen (secondary N) is 1. The quantitative estimate of drug-likeness (QED) is 0.766. The molecule has 2 aromatic carbocycles. The van der Waals surface area contributed by atoms with Gasteiger partial charge >= 0.3 is 5.97 Å². The summed E-state index contributed by atoms with van der Waals surface area (Å²) in [7, 11) is 0. The highest BCUT2D eigenvalue weighted by Crippen LogP contribution is 2.26. The molecule has 0 aliphatic heterocycles. The molecule has 104 valence electrons. The molecule has 3 aromatic rings. The fourth-order valence-electron chi connectivity index (χ4n) is 1.92. The SMILES string of the molecule is O=C(O)c1cc(-c2cccc(Oc3ccccc3)c2)n[nH]1. The summed E-state index contributed by atoms with van der Waals surface area (Å²) in [5, 5.41) is 15.4. The summed E-state index contributed by atoms with van der Waals surface area (Å²) in [6.07, 6.45) is 0. The Bertz CT molecular complexity index is 766. The maximum atomic E-state index is 10.9. The van der Waals surface area contributed by atoms with Crippen LogP contribution in [-0.2, 0) is 0 Å². The highest BCUT2D eigenvalue weighted by atomic mass is 16.5. The molecule has 3 rings (SSSR count). The number of H-pyrrole nitrogens is 1. The predicted molar refractivity (Wildman–Crippen MR) is 77.5 cm³/mol. The normalized spacial score (nSPS) is 10.3. The van der Waals surface area contributed by atoms with Crippen molar-refractivity contribution in [3.8, 4) is 22.8 Å². The van der Waals surface area contributed by atoms with E-state index in [0.717, 1.165) is 11.3 Å². The first-order chi connectivity index (χ1) is 10.2. The number of carbonyl (C=O) groups is 1. The molecular formula is C16H12N2O3. The second kappa shape index (κ2) is 5.50. The Kier molecular flexibility index (Phi) is 3.39. The Morgan fingerprint density at radius 2 is 1.76 bits per heavy atom. The fraction of sp³-hybridized carbons (Fsp3) is 0. The molecule has 0 spiro atoms. The third-order valence-corrected chi connectivity index (χ3v) is 2.92. The van der Waals surface area contributed by atoms with E-state index in [9.17, 15) is 4.79 Å². The van der Waals surface area contributed by atoms with Crippen molar-refractivity contribution in [1.82, 2.24) is 10.2 Å². The van der Waals surface area contributed by atoms with Crippen molar-refractivity contribution in [2.24, 2.45) is 0 Å². The first kappa shape index (κ1) is 12.9. The summed E-state index contributed by atoms with van der Waals surface area (Å²) >= 11 is 0. The van der Waals surface area contributed by atoms with Gasteiger partial charge in [0, 0.05) is 5.56 Å². The number of benzene rings is 2. The van der Waals surface area contributed by atoms with Crippen molar-refractivity contribution < 1.29 is 14.6 Å². The topological polar surface area (TPSA) is 75.2 Å². The molecule has 1 heterocycles. The number of rotatable bonds is 4. The molecule has 0 bridgehead atoms. The molecule has 5 nitrogen and oxygen atoms in total. The van der Waals surface area contributed by atoms with Crippen LogP contribution in [0.2, 0.25) is 0 Å². The summed E-state index contributed by atoms with van der Waals surface area (Å²) in [4.78, 5) is 10.9. The maximum absolute atomic E-state index is 10.9. The minimum absolute atomic E-state index is 0.0550. The molecule has 0 unspecified atom stereocenters. The van der Waals surface area contributed by atoms with Crippen LogP contribution < -0.4 is 4.74 Å². The van der Waals surface area contributed by atoms with Gasteiger partial charge in [0.25, 0.3) is 0 Å². The Labute approximate surface area is 120 Å². The van der Waals surface area contributed by atoms with Gasteiger partial charge in [0.2, 0.25) is 0 Å². The van der Waals surface area contributed by atoms with Crippen LogP contribution in [0.1, 0.15) is 10.5 Å². The van der Waals surface area contributed by atoms with Crippen LogP contribution in [0.15, 0.2) is 60.7 Å². The van der Waals surface area contributed by atoms with Gasteiger partial charge in [0.05, 0.1) is 5.69 Å². The van der Waals surface area contributed by atoms with Crippen LogP contribution in [0.4, 0.5) is 0 Å². The van der Waals surface area contributed by atoms with Crippen molar-refractivity contribution >= 4 is 5.97 Å². The lowest BCUT2D eigenvalue weighted by atomic mass is 10.1. The standard InChI is InChI=1S/C16H12N2O3/c19-16(20)15-10-14(17-18-15)11-5-4-8-13(9-11)21-12-6-2-1-3-7-12/h1-10H,(H,17,18)(H,19,20). The second-order valence-corrected chi connectivity index (χ2v) is 4.41. The number of aromatic amines is 1. The highest BCUT2D eigenvalue weighted by molar-refractivity contribution is 5.86. The van der Waals surface area contributed by atoms with Gasteiger partial charge in [0.1, 0.15) is 17.2 Å². The Balaban J connectivity index is 1.87. The highest BCUT2D eigenvalue weighted by Gasteiger charge is 2.09. The summed E-state index contributed by atoms with van der Waals surface area (Å²) in [6.45, 7) is 0. The van der Waals surface area contributed by atoms with E-state index in [-0.39, 0.29) is 5.69 Å². The van der Waals surface area contributed by atoms with Crippen molar-refractivity contribution in [3.63, 3.8) is 0 Å². The van der Waals surface area contributed by atoms with Crippen molar-refractivity contribution in [2.75, 3.05) is 0 Å². The minimum atomic E-state index is -1.04. The fourth-order valence-corrected chi connectivity index (χ4v) is 1.92. The number of aromatic carboxylic acids is 1. The molecule has 0 aliphatic carbocycles. The van der Waals surface area contributed by atoms with Crippen LogP contribution in [0.3, 0.4) is 0 Å². The van der Waals surface area contributed by atoms with Crippen LogP contribution in [-0.4, -0.2) is 21.3 Å². The number of nitrogens with zero attached hydrogens (tertiary/aromatic N) is 1. The number of aromatic nitrogens is 2. The van der Waals surface area contributed by atoms with Crippen molar-refractivity contribution in [3.05, 3.63) is 66.4 Å². The van der Waals surface area contributed by atoms with Gasteiger partial charge < -0.3 is 9.84 Å². The summed E-state index contributed by atoms with van der Waals surface area (Å²) < 4.78 is 5.74. The summed E-state index contributed by atoms with van der Waals surface area (Å²) in [5.74, 6) is 0.368. The van der Waals surface area contributed by atoms with Crippen LogP contribution >= 0.6 is 0 Å². The summed E-state index contributed by atoms with van der Waals surface area (Å²) in [5.41, 5.74) is 1.40. The Morgan fingerprint density at radius 1 is 1.00 bits per heavy atom. The van der Waals surface area contributed by atoms with Gasteiger partial charge in [-0.3, -0.25) is 5.10 Å². The van der Waals surface area contributed by atoms with Crippen molar-refractivity contribution in [2.45, 2.75) is 0 Å². The number of carboxylic acids is 1. The molecule has 0 atom stereocenters. The van der Waals surface area contributed by atoms with E-state index in [1.165, 1.54) is 6.07 Å². The molecule has 0 saturated carbocycles. The van der Waals surface area contributed by atoms with Crippen LogP contribution in [0.25, 0.3) is 11.3 Å². The van der Waals surface area contributed by atoms with E-state index >= 15 is 0 Å². The van der Waals surface area contributed by atoms with E-state index < -0.39 is 5.97 Å². The average Bonchev–Trinajstić information content (AvgIpc) is 2.99. The zero-order chi connectivity index (χ0) is 14.7. The van der Waals surface area contributed by atoms with Gasteiger partial charge in [-0.25, -0.2) is 4.79 Å². The third-order valence-electron chi connectivity index (χ3n) is 2.92. The van der Waals surface area contributed by atoms with Gasteiger partial charge in [-0.15, -0.1) is 0 Å². The summed E-state index contributed by atoms with van der Waals surface area (Å²) in [6, 6.07) is 18.3. The monoisotopic (exact) mass is 280 g/mol. The van der Waals surface area contributed by atoms with Gasteiger partial charge in [-0.1, -0.05) is 30.3 Å². The first-order valence-electron chi connectivity index (χ1n) is 6.34. The van der Waals surface area contributed by atoms with Crippen LogP contribution in [0, 0.1) is 0 Å². The number of hydrogen-bond donors (Lipinski definition) is 2. The lowest BCUT2D eigenvalue weighted by Crippen LogP contribution is -1.95. The van der Waals surface area contributed by atoms with E-state index in [1.54, 1.807) is 0 Å². The maximum Gasteiger partial charge on any atom is 0.353 e. The zero-order valence-corrected chi connectivity index (χ0v) is 11.0. The third kappa shape index (κ3) is 2.92. The predicted octanol–water partition coefficient (Wildman–Crippen LogP) is 3.57.